The van der Waals surface area contributed by atoms with Crippen molar-refractivity contribution in [2.75, 3.05) is 6.61 Å². The number of aromatic nitrogens is 2. The second-order valence-corrected chi connectivity index (χ2v) is 10.4. The van der Waals surface area contributed by atoms with Crippen molar-refractivity contribution < 1.29 is 19.1 Å². The van der Waals surface area contributed by atoms with Crippen LogP contribution < -0.4 is 0 Å². The lowest BCUT2D eigenvalue weighted by atomic mass is 9.70. The Labute approximate surface area is 200 Å². The number of carbonyl (C=O) groups is 3. The Kier molecular flexibility index (Phi) is 6.19. The Balaban J connectivity index is 1.66. The first-order chi connectivity index (χ1) is 16.0. The number of benzene rings is 1. The summed E-state index contributed by atoms with van der Waals surface area (Å²) < 4.78 is 5.58. The first kappa shape index (κ1) is 23.9. The SMILES string of the molecule is CC(=O)c1c(C)[nH]c(C(=O)COC(=O)c2c3c(nc4ccccc24)CCC(C(C)(C)C)C3)c1C. The molecule has 1 aliphatic carbocycles. The van der Waals surface area contributed by atoms with E-state index in [0.717, 1.165) is 41.4 Å². The van der Waals surface area contributed by atoms with Crippen LogP contribution >= 0.6 is 0 Å². The van der Waals surface area contributed by atoms with Crippen LogP contribution in [0.5, 0.6) is 0 Å². The highest BCUT2D eigenvalue weighted by atomic mass is 16.5. The number of ether oxygens (including phenoxy) is 1. The average Bonchev–Trinajstić information content (AvgIpc) is 3.08. The third kappa shape index (κ3) is 4.29. The molecular weight excluding hydrogens is 428 g/mol. The highest BCUT2D eigenvalue weighted by Gasteiger charge is 2.33. The molecule has 1 aromatic carbocycles. The van der Waals surface area contributed by atoms with Crippen molar-refractivity contribution in [1.82, 2.24) is 9.97 Å². The third-order valence-electron chi connectivity index (χ3n) is 7.09. The monoisotopic (exact) mass is 460 g/mol. The van der Waals surface area contributed by atoms with Gasteiger partial charge in [-0.2, -0.15) is 0 Å². The molecule has 2 aromatic heterocycles. The first-order valence-corrected chi connectivity index (χ1v) is 11.8. The van der Waals surface area contributed by atoms with Crippen LogP contribution in [0.15, 0.2) is 24.3 Å². The molecule has 0 fully saturated rings. The number of hydrogen-bond acceptors (Lipinski definition) is 5. The summed E-state index contributed by atoms with van der Waals surface area (Å²) in [4.78, 5) is 46.1. The maximum Gasteiger partial charge on any atom is 0.339 e. The maximum atomic E-state index is 13.4. The smallest absolute Gasteiger partial charge is 0.339 e. The Hall–Kier alpha value is -3.28. The maximum absolute atomic E-state index is 13.4. The summed E-state index contributed by atoms with van der Waals surface area (Å²) in [7, 11) is 0. The third-order valence-corrected chi connectivity index (χ3v) is 7.09. The van der Waals surface area contributed by atoms with Crippen LogP contribution in [0.4, 0.5) is 0 Å². The van der Waals surface area contributed by atoms with Gasteiger partial charge in [-0.05, 0) is 68.6 Å². The number of carbonyl (C=O) groups excluding carboxylic acids is 3. The fourth-order valence-electron chi connectivity index (χ4n) is 5.19. The fraction of sp³-hybridized carbons (Fsp3) is 0.429. The minimum atomic E-state index is -0.509. The highest BCUT2D eigenvalue weighted by Crippen LogP contribution is 2.39. The van der Waals surface area contributed by atoms with Crippen molar-refractivity contribution in [2.45, 2.75) is 60.8 Å². The van der Waals surface area contributed by atoms with Crippen LogP contribution in [0.1, 0.15) is 87.8 Å². The van der Waals surface area contributed by atoms with Crippen LogP contribution in [0, 0.1) is 25.2 Å². The molecule has 3 aromatic rings. The molecule has 1 N–H and O–H groups in total. The second kappa shape index (κ2) is 8.82. The molecule has 0 radical (unpaired) electrons. The number of esters is 1. The number of aromatic amines is 1. The molecule has 1 aliphatic rings. The molecule has 0 saturated heterocycles. The Morgan fingerprint density at radius 2 is 1.82 bits per heavy atom. The van der Waals surface area contributed by atoms with Gasteiger partial charge in [-0.3, -0.25) is 14.6 Å². The van der Waals surface area contributed by atoms with E-state index in [1.54, 1.807) is 13.8 Å². The number of para-hydroxylation sites is 1. The number of ketones is 2. The lowest BCUT2D eigenvalue weighted by Crippen LogP contribution is -2.29. The average molecular weight is 461 g/mol. The van der Waals surface area contributed by atoms with Crippen molar-refractivity contribution in [3.8, 4) is 0 Å². The molecular formula is C28H32N2O4. The summed E-state index contributed by atoms with van der Waals surface area (Å²) in [6.07, 6.45) is 2.60. The van der Waals surface area contributed by atoms with Crippen LogP contribution in [-0.4, -0.2) is 34.1 Å². The molecule has 6 nitrogen and oxygen atoms in total. The zero-order chi connectivity index (χ0) is 24.8. The standard InChI is InChI=1S/C28H32N2O4/c1-15-24(17(3)31)16(2)29-26(15)23(32)14-34-27(33)25-19-9-7-8-10-21(19)30-22-12-11-18(13-20(22)25)28(4,5)6/h7-10,18,29H,11-14H2,1-6H3. The van der Waals surface area contributed by atoms with E-state index in [9.17, 15) is 14.4 Å². The number of fused-ring (bicyclic) bond motifs is 2. The van der Waals surface area contributed by atoms with Crippen LogP contribution in [-0.2, 0) is 17.6 Å². The molecule has 0 bridgehead atoms. The van der Waals surface area contributed by atoms with E-state index in [-0.39, 0.29) is 17.0 Å². The molecule has 1 unspecified atom stereocenters. The summed E-state index contributed by atoms with van der Waals surface area (Å²) in [5.74, 6) is -0.553. The van der Waals surface area contributed by atoms with E-state index in [1.165, 1.54) is 6.92 Å². The van der Waals surface area contributed by atoms with Gasteiger partial charge in [-0.15, -0.1) is 0 Å². The molecule has 0 aliphatic heterocycles. The summed E-state index contributed by atoms with van der Waals surface area (Å²) in [6.45, 7) is 11.2. The summed E-state index contributed by atoms with van der Waals surface area (Å²) in [5.41, 5.74) is 5.32. The molecule has 1 atom stereocenters. The number of Topliss-reactive ketones (excluding diaryl/α,β-unsaturated/α-hetero) is 2. The lowest BCUT2D eigenvalue weighted by Gasteiger charge is -2.35. The highest BCUT2D eigenvalue weighted by molar-refractivity contribution is 6.07. The predicted molar refractivity (Wildman–Crippen MR) is 132 cm³/mol. The zero-order valence-electron chi connectivity index (χ0n) is 20.8. The van der Waals surface area contributed by atoms with Gasteiger partial charge in [0.1, 0.15) is 0 Å². The molecule has 0 saturated carbocycles. The van der Waals surface area contributed by atoms with E-state index in [2.05, 4.69) is 25.8 Å². The van der Waals surface area contributed by atoms with Gasteiger partial charge in [0, 0.05) is 22.3 Å². The van der Waals surface area contributed by atoms with Crippen LogP contribution in [0.3, 0.4) is 0 Å². The molecule has 178 valence electrons. The Morgan fingerprint density at radius 3 is 2.47 bits per heavy atom. The van der Waals surface area contributed by atoms with Gasteiger partial charge in [-0.1, -0.05) is 39.0 Å². The first-order valence-electron chi connectivity index (χ1n) is 11.8. The van der Waals surface area contributed by atoms with Crippen LogP contribution in [0.25, 0.3) is 10.9 Å². The molecule has 2 heterocycles. The summed E-state index contributed by atoms with van der Waals surface area (Å²) in [6, 6.07) is 7.59. The van der Waals surface area contributed by atoms with Crippen LogP contribution in [0.2, 0.25) is 0 Å². The molecule has 0 spiro atoms. The van der Waals surface area contributed by atoms with E-state index >= 15 is 0 Å². The Bertz CT molecular complexity index is 1310. The quantitative estimate of drug-likeness (QED) is 0.397. The molecule has 4 rings (SSSR count). The fourth-order valence-corrected chi connectivity index (χ4v) is 5.19. The van der Waals surface area contributed by atoms with Crippen molar-refractivity contribution in [1.29, 1.82) is 0 Å². The lowest BCUT2D eigenvalue weighted by molar-refractivity contribution is 0.0472. The minimum Gasteiger partial charge on any atom is -0.454 e. The van der Waals surface area contributed by atoms with Crippen molar-refractivity contribution in [3.63, 3.8) is 0 Å². The van der Waals surface area contributed by atoms with Gasteiger partial charge < -0.3 is 9.72 Å². The molecule has 0 amide bonds. The van der Waals surface area contributed by atoms with Crippen molar-refractivity contribution in [3.05, 3.63) is 63.6 Å². The zero-order valence-corrected chi connectivity index (χ0v) is 20.8. The predicted octanol–water partition coefficient (Wildman–Crippen LogP) is 5.57. The summed E-state index contributed by atoms with van der Waals surface area (Å²) >= 11 is 0. The van der Waals surface area contributed by atoms with Gasteiger partial charge in [0.25, 0.3) is 0 Å². The topological polar surface area (TPSA) is 89.1 Å². The van der Waals surface area contributed by atoms with Crippen molar-refractivity contribution >= 4 is 28.4 Å². The second-order valence-electron chi connectivity index (χ2n) is 10.4. The van der Waals surface area contributed by atoms with E-state index in [0.29, 0.717) is 34.0 Å². The largest absolute Gasteiger partial charge is 0.454 e. The number of hydrogen-bond donors (Lipinski definition) is 1. The van der Waals surface area contributed by atoms with Gasteiger partial charge in [0.05, 0.1) is 16.8 Å². The number of nitrogens with one attached hydrogen (secondary N) is 1. The number of pyridine rings is 1. The number of H-pyrrole nitrogens is 1. The van der Waals surface area contributed by atoms with E-state index < -0.39 is 12.6 Å². The van der Waals surface area contributed by atoms with E-state index in [1.807, 2.05) is 24.3 Å². The molecule has 34 heavy (non-hydrogen) atoms. The van der Waals surface area contributed by atoms with Gasteiger partial charge >= 0.3 is 5.97 Å². The van der Waals surface area contributed by atoms with Gasteiger partial charge in [0.2, 0.25) is 5.78 Å². The number of aryl methyl sites for hydroxylation is 2. The van der Waals surface area contributed by atoms with Gasteiger partial charge in [-0.25, -0.2) is 4.79 Å². The number of rotatable bonds is 5. The van der Waals surface area contributed by atoms with Crippen molar-refractivity contribution in [2.24, 2.45) is 11.3 Å². The number of nitrogens with zero attached hydrogens (tertiary/aromatic N) is 1. The van der Waals surface area contributed by atoms with E-state index in [4.69, 9.17) is 9.72 Å². The molecule has 6 heteroatoms. The summed E-state index contributed by atoms with van der Waals surface area (Å²) in [5, 5.41) is 0.749. The van der Waals surface area contributed by atoms with Gasteiger partial charge in [0.15, 0.2) is 12.4 Å². The minimum absolute atomic E-state index is 0.106. The Morgan fingerprint density at radius 1 is 1.12 bits per heavy atom. The normalized spacial score (nSPS) is 15.8.